The van der Waals surface area contributed by atoms with E-state index in [1.807, 2.05) is 18.2 Å². The molecule has 0 aromatic rings. The van der Waals surface area contributed by atoms with Gasteiger partial charge in [0.15, 0.2) is 0 Å². The van der Waals surface area contributed by atoms with E-state index in [0.717, 1.165) is 10.6 Å². The quantitative estimate of drug-likeness (QED) is 0.710. The number of amides is 1. The van der Waals surface area contributed by atoms with Crippen LogP contribution >= 0.6 is 12.2 Å². The van der Waals surface area contributed by atoms with Crippen LogP contribution in [0.4, 0.5) is 4.79 Å². The molecule has 0 bridgehead atoms. The van der Waals surface area contributed by atoms with E-state index in [2.05, 4.69) is 0 Å². The van der Waals surface area contributed by atoms with E-state index in [0.29, 0.717) is 19.5 Å². The van der Waals surface area contributed by atoms with E-state index in [1.165, 1.54) is 0 Å². The molecular formula is C10H12N2O2S. The Morgan fingerprint density at radius 2 is 2.47 bits per heavy atom. The first-order valence-corrected chi connectivity index (χ1v) is 5.21. The average Bonchev–Trinajstić information content (AvgIpc) is 2.60. The van der Waals surface area contributed by atoms with Gasteiger partial charge in [-0.1, -0.05) is 24.4 Å². The zero-order chi connectivity index (χ0) is 10.8. The van der Waals surface area contributed by atoms with Gasteiger partial charge < -0.3 is 10.5 Å². The molecule has 1 saturated heterocycles. The number of cyclic esters (lactones) is 1. The van der Waals surface area contributed by atoms with E-state index in [-0.39, 0.29) is 12.2 Å². The summed E-state index contributed by atoms with van der Waals surface area (Å²) in [6, 6.07) is 0. The Balaban J connectivity index is 2.17. The van der Waals surface area contributed by atoms with Gasteiger partial charge in [0.25, 0.3) is 0 Å². The number of rotatable bonds is 2. The Hall–Kier alpha value is -1.20. The third-order valence-electron chi connectivity index (χ3n) is 2.41. The molecule has 1 fully saturated rings. The molecule has 0 spiro atoms. The molecule has 2 rings (SSSR count). The van der Waals surface area contributed by atoms with Crippen molar-refractivity contribution in [3.63, 3.8) is 0 Å². The topological polar surface area (TPSA) is 55.6 Å². The Kier molecular flexibility index (Phi) is 2.83. The van der Waals surface area contributed by atoms with E-state index < -0.39 is 0 Å². The summed E-state index contributed by atoms with van der Waals surface area (Å²) < 4.78 is 5.06. The lowest BCUT2D eigenvalue weighted by atomic mass is 10.1. The summed E-state index contributed by atoms with van der Waals surface area (Å²) in [6.07, 6.45) is 5.84. The number of carbonyl (C=O) groups is 1. The Labute approximate surface area is 93.4 Å². The summed E-state index contributed by atoms with van der Waals surface area (Å²) in [4.78, 5) is 13.8. The minimum Gasteiger partial charge on any atom is -0.443 e. The number of hydrogen-bond acceptors (Lipinski definition) is 4. The third-order valence-corrected chi connectivity index (χ3v) is 2.78. The lowest BCUT2D eigenvalue weighted by Gasteiger charge is -2.18. The standard InChI is InChI=1S/C10H12N2O2S/c11-5-7-6-12(10(13)14-7)8-3-1-2-4-9(8)15/h1-3,7H,4-6,11H2. The van der Waals surface area contributed by atoms with E-state index in [1.54, 1.807) is 4.90 Å². The van der Waals surface area contributed by atoms with E-state index in [4.69, 9.17) is 22.7 Å². The molecule has 1 heterocycles. The highest BCUT2D eigenvalue weighted by Gasteiger charge is 2.33. The molecule has 15 heavy (non-hydrogen) atoms. The predicted octanol–water partition coefficient (Wildman–Crippen LogP) is 0.980. The fourth-order valence-electron chi connectivity index (χ4n) is 1.61. The van der Waals surface area contributed by atoms with Gasteiger partial charge in [-0.25, -0.2) is 4.79 Å². The van der Waals surface area contributed by atoms with Gasteiger partial charge >= 0.3 is 6.09 Å². The van der Waals surface area contributed by atoms with Crippen molar-refractivity contribution in [1.82, 2.24) is 4.90 Å². The molecule has 80 valence electrons. The average molecular weight is 224 g/mol. The second-order valence-electron chi connectivity index (χ2n) is 3.46. The Bertz CT molecular complexity index is 362. The molecule has 0 saturated carbocycles. The fourth-order valence-corrected chi connectivity index (χ4v) is 1.89. The number of hydrogen-bond donors (Lipinski definition) is 1. The zero-order valence-electron chi connectivity index (χ0n) is 8.18. The van der Waals surface area contributed by atoms with Crippen molar-refractivity contribution in [3.05, 3.63) is 23.9 Å². The maximum Gasteiger partial charge on any atom is 0.414 e. The predicted molar refractivity (Wildman–Crippen MR) is 60.5 cm³/mol. The summed E-state index contributed by atoms with van der Waals surface area (Å²) in [5, 5.41) is 0. The first-order valence-electron chi connectivity index (χ1n) is 4.80. The monoisotopic (exact) mass is 224 g/mol. The molecule has 0 aromatic carbocycles. The summed E-state index contributed by atoms with van der Waals surface area (Å²) >= 11 is 5.19. The van der Waals surface area contributed by atoms with Crippen LogP contribution in [0.5, 0.6) is 0 Å². The highest BCUT2D eigenvalue weighted by molar-refractivity contribution is 7.80. The van der Waals surface area contributed by atoms with Crippen molar-refractivity contribution in [1.29, 1.82) is 0 Å². The van der Waals surface area contributed by atoms with Crippen LogP contribution in [0.1, 0.15) is 6.42 Å². The molecule has 1 aliphatic heterocycles. The van der Waals surface area contributed by atoms with Crippen LogP contribution in [0.25, 0.3) is 0 Å². The van der Waals surface area contributed by atoms with Gasteiger partial charge in [-0.15, -0.1) is 0 Å². The summed E-state index contributed by atoms with van der Waals surface area (Å²) in [6.45, 7) is 0.841. The zero-order valence-corrected chi connectivity index (χ0v) is 9.00. The number of nitrogens with zero attached hydrogens (tertiary/aromatic N) is 1. The summed E-state index contributed by atoms with van der Waals surface area (Å²) in [5.41, 5.74) is 6.22. The van der Waals surface area contributed by atoms with Crippen molar-refractivity contribution in [2.45, 2.75) is 12.5 Å². The van der Waals surface area contributed by atoms with Crippen LogP contribution in [0.2, 0.25) is 0 Å². The highest BCUT2D eigenvalue weighted by Crippen LogP contribution is 2.21. The van der Waals surface area contributed by atoms with Crippen molar-refractivity contribution >= 4 is 23.2 Å². The van der Waals surface area contributed by atoms with Crippen LogP contribution < -0.4 is 5.73 Å². The molecule has 0 aromatic heterocycles. The Morgan fingerprint density at radius 3 is 3.07 bits per heavy atom. The van der Waals surface area contributed by atoms with Crippen molar-refractivity contribution in [2.75, 3.05) is 13.1 Å². The summed E-state index contributed by atoms with van der Waals surface area (Å²) in [7, 11) is 0. The van der Waals surface area contributed by atoms with Crippen LogP contribution in [0.3, 0.4) is 0 Å². The van der Waals surface area contributed by atoms with Gasteiger partial charge in [0, 0.05) is 17.8 Å². The SMILES string of the molecule is NCC1CN(C2=CC=CCC2=S)C(=O)O1. The van der Waals surface area contributed by atoms with E-state index >= 15 is 0 Å². The van der Waals surface area contributed by atoms with E-state index in [9.17, 15) is 4.79 Å². The molecule has 1 amide bonds. The minimum absolute atomic E-state index is 0.216. The number of thiocarbonyl (C=S) groups is 1. The fraction of sp³-hybridized carbons (Fsp3) is 0.400. The molecule has 1 atom stereocenters. The van der Waals surface area contributed by atoms with Crippen LogP contribution in [-0.2, 0) is 4.74 Å². The van der Waals surface area contributed by atoms with Crippen molar-refractivity contribution in [3.8, 4) is 0 Å². The molecule has 2 aliphatic rings. The lowest BCUT2D eigenvalue weighted by Crippen LogP contribution is -2.30. The smallest absolute Gasteiger partial charge is 0.414 e. The number of carbonyl (C=O) groups excluding carboxylic acids is 1. The number of ether oxygens (including phenoxy) is 1. The first kappa shape index (κ1) is 10.3. The first-order chi connectivity index (χ1) is 7.22. The highest BCUT2D eigenvalue weighted by atomic mass is 32.1. The molecule has 2 N–H and O–H groups in total. The van der Waals surface area contributed by atoms with Crippen LogP contribution in [0.15, 0.2) is 23.9 Å². The second-order valence-corrected chi connectivity index (χ2v) is 3.95. The molecule has 1 aliphatic carbocycles. The maximum atomic E-state index is 11.5. The van der Waals surface area contributed by atoms with Crippen LogP contribution in [0, 0.1) is 0 Å². The van der Waals surface area contributed by atoms with Gasteiger partial charge in [0.1, 0.15) is 6.10 Å². The largest absolute Gasteiger partial charge is 0.443 e. The van der Waals surface area contributed by atoms with Gasteiger partial charge in [0.05, 0.1) is 12.2 Å². The van der Waals surface area contributed by atoms with Gasteiger partial charge in [-0.3, -0.25) is 4.90 Å². The van der Waals surface area contributed by atoms with Gasteiger partial charge in [-0.2, -0.15) is 0 Å². The van der Waals surface area contributed by atoms with Crippen molar-refractivity contribution in [2.24, 2.45) is 5.73 Å². The third kappa shape index (κ3) is 1.93. The minimum atomic E-state index is -0.352. The summed E-state index contributed by atoms with van der Waals surface area (Å²) in [5.74, 6) is 0. The second kappa shape index (κ2) is 4.12. The number of nitrogens with two attached hydrogens (primary N) is 1. The maximum absolute atomic E-state index is 11.5. The molecule has 0 radical (unpaired) electrons. The molecule has 1 unspecified atom stereocenters. The normalized spacial score (nSPS) is 25.5. The Morgan fingerprint density at radius 1 is 1.67 bits per heavy atom. The van der Waals surface area contributed by atoms with Gasteiger partial charge in [0.2, 0.25) is 0 Å². The van der Waals surface area contributed by atoms with Crippen LogP contribution in [-0.4, -0.2) is 35.1 Å². The lowest BCUT2D eigenvalue weighted by molar-refractivity contribution is 0.138. The molecule has 5 heteroatoms. The van der Waals surface area contributed by atoms with Crippen molar-refractivity contribution < 1.29 is 9.53 Å². The molecule has 4 nitrogen and oxygen atoms in total. The molecular weight excluding hydrogens is 212 g/mol. The number of allylic oxidation sites excluding steroid dienone is 4. The van der Waals surface area contributed by atoms with Gasteiger partial charge in [-0.05, 0) is 6.08 Å².